The van der Waals surface area contributed by atoms with E-state index in [1.165, 1.54) is 0 Å². The van der Waals surface area contributed by atoms with Gasteiger partial charge >= 0.3 is 0 Å². The third kappa shape index (κ3) is 2.64. The zero-order valence-corrected chi connectivity index (χ0v) is 6.83. The molecule has 11 heavy (non-hydrogen) atoms. The molecule has 0 saturated carbocycles. The molecule has 0 aromatic heterocycles. The first-order chi connectivity index (χ1) is 5.36. The van der Waals surface area contributed by atoms with Crippen LogP contribution in [-0.4, -0.2) is 24.4 Å². The molecule has 1 rings (SSSR count). The molecule has 0 aromatic carbocycles. The molecule has 1 aliphatic heterocycles. The van der Waals surface area contributed by atoms with Crippen molar-refractivity contribution in [3.63, 3.8) is 0 Å². The van der Waals surface area contributed by atoms with Crippen molar-refractivity contribution >= 4 is 0 Å². The van der Waals surface area contributed by atoms with E-state index in [0.717, 1.165) is 25.9 Å². The number of aliphatic hydroxyl groups is 1. The normalized spacial score (nSPS) is 30.6. The Morgan fingerprint density at radius 1 is 1.64 bits per heavy atom. The third-order valence-electron chi connectivity index (χ3n) is 2.11. The minimum atomic E-state index is 0.242. The fourth-order valence-electron chi connectivity index (χ4n) is 1.53. The SMILES string of the molecule is C=CCC1COC(CCO)C1. The van der Waals surface area contributed by atoms with Gasteiger partial charge in [0.1, 0.15) is 0 Å². The number of rotatable bonds is 4. The first-order valence-corrected chi connectivity index (χ1v) is 4.20. The van der Waals surface area contributed by atoms with Crippen LogP contribution in [0.2, 0.25) is 0 Å². The van der Waals surface area contributed by atoms with Crippen molar-refractivity contribution in [1.82, 2.24) is 0 Å². The van der Waals surface area contributed by atoms with Crippen LogP contribution in [0.4, 0.5) is 0 Å². The van der Waals surface area contributed by atoms with Crippen molar-refractivity contribution in [2.45, 2.75) is 25.4 Å². The summed E-state index contributed by atoms with van der Waals surface area (Å²) in [4.78, 5) is 0. The van der Waals surface area contributed by atoms with Gasteiger partial charge in [-0.2, -0.15) is 0 Å². The standard InChI is InChI=1S/C9H16O2/c1-2-3-8-6-9(4-5-10)11-7-8/h2,8-10H,1,3-7H2. The van der Waals surface area contributed by atoms with Crippen molar-refractivity contribution in [2.75, 3.05) is 13.2 Å². The molecule has 0 aromatic rings. The third-order valence-corrected chi connectivity index (χ3v) is 2.11. The lowest BCUT2D eigenvalue weighted by atomic mass is 10.0. The molecule has 64 valence electrons. The quantitative estimate of drug-likeness (QED) is 0.622. The average Bonchev–Trinajstić information content (AvgIpc) is 2.38. The van der Waals surface area contributed by atoms with Crippen LogP contribution in [0.25, 0.3) is 0 Å². The molecule has 0 aliphatic carbocycles. The smallest absolute Gasteiger partial charge is 0.0600 e. The Balaban J connectivity index is 2.17. The van der Waals surface area contributed by atoms with Crippen molar-refractivity contribution in [2.24, 2.45) is 5.92 Å². The van der Waals surface area contributed by atoms with Gasteiger partial charge < -0.3 is 9.84 Å². The molecule has 0 bridgehead atoms. The monoisotopic (exact) mass is 156 g/mol. The van der Waals surface area contributed by atoms with Gasteiger partial charge in [-0.3, -0.25) is 0 Å². The summed E-state index contributed by atoms with van der Waals surface area (Å²) in [6.07, 6.45) is 5.15. The largest absolute Gasteiger partial charge is 0.396 e. The Morgan fingerprint density at radius 3 is 3.09 bits per heavy atom. The summed E-state index contributed by atoms with van der Waals surface area (Å²) in [6.45, 7) is 4.78. The molecule has 1 N–H and O–H groups in total. The number of aliphatic hydroxyl groups excluding tert-OH is 1. The molecule has 1 fully saturated rings. The second-order valence-corrected chi connectivity index (χ2v) is 3.09. The van der Waals surface area contributed by atoms with Gasteiger partial charge in [-0.1, -0.05) is 6.08 Å². The van der Waals surface area contributed by atoms with Crippen molar-refractivity contribution in [1.29, 1.82) is 0 Å². The predicted molar refractivity (Wildman–Crippen MR) is 44.4 cm³/mol. The molecule has 2 atom stereocenters. The van der Waals surface area contributed by atoms with Gasteiger partial charge in [-0.05, 0) is 25.2 Å². The first-order valence-electron chi connectivity index (χ1n) is 4.20. The highest BCUT2D eigenvalue weighted by molar-refractivity contribution is 4.79. The Kier molecular flexibility index (Phi) is 3.60. The lowest BCUT2D eigenvalue weighted by molar-refractivity contribution is 0.0840. The van der Waals surface area contributed by atoms with E-state index in [1.54, 1.807) is 0 Å². The van der Waals surface area contributed by atoms with Crippen LogP contribution < -0.4 is 0 Å². The van der Waals surface area contributed by atoms with Crippen LogP contribution in [0.1, 0.15) is 19.3 Å². The van der Waals surface area contributed by atoms with Crippen LogP contribution in [0, 0.1) is 5.92 Å². The summed E-state index contributed by atoms with van der Waals surface area (Å²) in [5.41, 5.74) is 0. The predicted octanol–water partition coefficient (Wildman–Crippen LogP) is 1.35. The summed E-state index contributed by atoms with van der Waals surface area (Å²) in [5.74, 6) is 0.643. The maximum Gasteiger partial charge on any atom is 0.0600 e. The lowest BCUT2D eigenvalue weighted by Crippen LogP contribution is -2.06. The molecule has 2 heteroatoms. The highest BCUT2D eigenvalue weighted by Crippen LogP contribution is 2.24. The number of ether oxygens (including phenoxy) is 1. The molecular weight excluding hydrogens is 140 g/mol. The molecular formula is C9H16O2. The molecule has 0 spiro atoms. The summed E-state index contributed by atoms with van der Waals surface area (Å²) >= 11 is 0. The van der Waals surface area contributed by atoms with Crippen LogP contribution in [0.3, 0.4) is 0 Å². The van der Waals surface area contributed by atoms with Crippen LogP contribution in [0.5, 0.6) is 0 Å². The van der Waals surface area contributed by atoms with Crippen LogP contribution >= 0.6 is 0 Å². The van der Waals surface area contributed by atoms with Crippen molar-refractivity contribution < 1.29 is 9.84 Å². The van der Waals surface area contributed by atoms with Crippen LogP contribution in [-0.2, 0) is 4.74 Å². The average molecular weight is 156 g/mol. The van der Waals surface area contributed by atoms with Gasteiger partial charge in [0, 0.05) is 6.61 Å². The molecule has 0 amide bonds. The zero-order chi connectivity index (χ0) is 8.10. The van der Waals surface area contributed by atoms with Gasteiger partial charge in [0.2, 0.25) is 0 Å². The van der Waals surface area contributed by atoms with E-state index >= 15 is 0 Å². The highest BCUT2D eigenvalue weighted by Gasteiger charge is 2.23. The second-order valence-electron chi connectivity index (χ2n) is 3.09. The maximum atomic E-state index is 8.64. The zero-order valence-electron chi connectivity index (χ0n) is 6.83. The summed E-state index contributed by atoms with van der Waals surface area (Å²) in [7, 11) is 0. The van der Waals surface area contributed by atoms with Gasteiger partial charge in [-0.15, -0.1) is 6.58 Å². The minimum Gasteiger partial charge on any atom is -0.396 e. The first kappa shape index (κ1) is 8.75. The summed E-state index contributed by atoms with van der Waals surface area (Å²) in [5, 5.41) is 8.64. The van der Waals surface area contributed by atoms with Gasteiger partial charge in [0.15, 0.2) is 0 Å². The van der Waals surface area contributed by atoms with Crippen LogP contribution in [0.15, 0.2) is 12.7 Å². The number of hydrogen-bond acceptors (Lipinski definition) is 2. The fourth-order valence-corrected chi connectivity index (χ4v) is 1.53. The van der Waals surface area contributed by atoms with E-state index in [1.807, 2.05) is 6.08 Å². The van der Waals surface area contributed by atoms with E-state index in [2.05, 4.69) is 6.58 Å². The molecule has 2 nitrogen and oxygen atoms in total. The van der Waals surface area contributed by atoms with E-state index in [4.69, 9.17) is 9.84 Å². The summed E-state index contributed by atoms with van der Waals surface area (Å²) in [6, 6.07) is 0. The Hall–Kier alpha value is -0.340. The molecule has 2 unspecified atom stereocenters. The Labute approximate surface area is 67.9 Å². The van der Waals surface area contributed by atoms with E-state index < -0.39 is 0 Å². The molecule has 1 aliphatic rings. The van der Waals surface area contributed by atoms with E-state index in [-0.39, 0.29) is 6.61 Å². The lowest BCUT2D eigenvalue weighted by Gasteiger charge is -2.05. The summed E-state index contributed by atoms with van der Waals surface area (Å²) < 4.78 is 5.45. The molecule has 0 radical (unpaired) electrons. The Bertz CT molecular complexity index is 123. The van der Waals surface area contributed by atoms with Gasteiger partial charge in [0.25, 0.3) is 0 Å². The highest BCUT2D eigenvalue weighted by atomic mass is 16.5. The Morgan fingerprint density at radius 2 is 2.45 bits per heavy atom. The topological polar surface area (TPSA) is 29.5 Å². The van der Waals surface area contributed by atoms with E-state index in [9.17, 15) is 0 Å². The van der Waals surface area contributed by atoms with Crippen molar-refractivity contribution in [3.05, 3.63) is 12.7 Å². The van der Waals surface area contributed by atoms with E-state index in [0.29, 0.717) is 12.0 Å². The van der Waals surface area contributed by atoms with Crippen molar-refractivity contribution in [3.8, 4) is 0 Å². The second kappa shape index (κ2) is 4.52. The maximum absolute atomic E-state index is 8.64. The number of hydrogen-bond donors (Lipinski definition) is 1. The number of allylic oxidation sites excluding steroid dienone is 1. The fraction of sp³-hybridized carbons (Fsp3) is 0.778. The van der Waals surface area contributed by atoms with Gasteiger partial charge in [0.05, 0.1) is 12.7 Å². The van der Waals surface area contributed by atoms with Gasteiger partial charge in [-0.25, -0.2) is 0 Å². The molecule has 1 saturated heterocycles. The minimum absolute atomic E-state index is 0.242. The molecule has 1 heterocycles.